The average Bonchev–Trinajstić information content (AvgIpc) is 3.06. The fourth-order valence-electron chi connectivity index (χ4n) is 2.36. The molecule has 24 heavy (non-hydrogen) atoms. The van der Waals surface area contributed by atoms with Crippen LogP contribution in [-0.4, -0.2) is 23.6 Å². The Morgan fingerprint density at radius 3 is 2.88 bits per heavy atom. The Labute approximate surface area is 139 Å². The maximum atomic E-state index is 10.9. The second-order valence-corrected chi connectivity index (χ2v) is 5.53. The molecule has 1 heterocycles. The van der Waals surface area contributed by atoms with Gasteiger partial charge in [0.2, 0.25) is 6.79 Å². The number of fused-ring (bicyclic) bond motifs is 1. The van der Waals surface area contributed by atoms with E-state index in [1.807, 2.05) is 25.1 Å². The fraction of sp³-hybridized carbons (Fsp3) is 0.222. The summed E-state index contributed by atoms with van der Waals surface area (Å²) in [6.07, 6.45) is 1.62. The first-order chi connectivity index (χ1) is 11.6. The van der Waals surface area contributed by atoms with E-state index in [1.165, 1.54) is 0 Å². The zero-order valence-corrected chi connectivity index (χ0v) is 13.3. The van der Waals surface area contributed by atoms with Gasteiger partial charge >= 0.3 is 5.97 Å². The highest BCUT2D eigenvalue weighted by Gasteiger charge is 2.13. The molecule has 6 nitrogen and oxygen atoms in total. The molecular weight excluding hydrogens is 308 g/mol. The van der Waals surface area contributed by atoms with Gasteiger partial charge in [0.1, 0.15) is 0 Å². The Kier molecular flexibility index (Phi) is 4.65. The monoisotopic (exact) mass is 326 g/mol. The number of aryl methyl sites for hydroxylation is 1. The molecule has 0 unspecified atom stereocenters. The van der Waals surface area contributed by atoms with E-state index in [0.29, 0.717) is 5.69 Å². The third kappa shape index (κ3) is 3.84. The topological polar surface area (TPSA) is 80.2 Å². The summed E-state index contributed by atoms with van der Waals surface area (Å²) < 4.78 is 10.7. The van der Waals surface area contributed by atoms with Gasteiger partial charge in [-0.25, -0.2) is 4.79 Å². The Bertz CT molecular complexity index is 786. The summed E-state index contributed by atoms with van der Waals surface area (Å²) in [5.74, 6) is 0.608. The van der Waals surface area contributed by atoms with Gasteiger partial charge in [0, 0.05) is 5.71 Å². The molecule has 2 aromatic rings. The largest absolute Gasteiger partial charge is 0.478 e. The fourth-order valence-corrected chi connectivity index (χ4v) is 2.36. The van der Waals surface area contributed by atoms with Crippen molar-refractivity contribution in [2.24, 2.45) is 5.10 Å². The van der Waals surface area contributed by atoms with Crippen LogP contribution in [0.2, 0.25) is 0 Å². The van der Waals surface area contributed by atoms with Gasteiger partial charge in [0.25, 0.3) is 0 Å². The molecule has 0 amide bonds. The smallest absolute Gasteiger partial charge is 0.335 e. The molecular formula is C18H18N2O4. The molecule has 0 fully saturated rings. The Hall–Kier alpha value is -3.02. The van der Waals surface area contributed by atoms with Crippen LogP contribution in [0.15, 0.2) is 47.6 Å². The number of nitrogens with one attached hydrogen (secondary N) is 1. The van der Waals surface area contributed by atoms with Crippen LogP contribution in [0.4, 0.5) is 5.69 Å². The molecule has 2 N–H and O–H groups in total. The maximum absolute atomic E-state index is 10.9. The van der Waals surface area contributed by atoms with Crippen molar-refractivity contribution < 1.29 is 19.4 Å². The lowest BCUT2D eigenvalue weighted by Crippen LogP contribution is -2.01. The molecule has 6 heteroatoms. The summed E-state index contributed by atoms with van der Waals surface area (Å²) in [5, 5.41) is 13.3. The van der Waals surface area contributed by atoms with Crippen molar-refractivity contribution >= 4 is 17.4 Å². The van der Waals surface area contributed by atoms with Crippen molar-refractivity contribution in [3.05, 3.63) is 53.6 Å². The number of hydrazone groups is 1. The van der Waals surface area contributed by atoms with Crippen LogP contribution in [0.5, 0.6) is 11.5 Å². The average molecular weight is 326 g/mol. The van der Waals surface area contributed by atoms with E-state index in [4.69, 9.17) is 14.6 Å². The van der Waals surface area contributed by atoms with E-state index in [9.17, 15) is 4.79 Å². The molecule has 3 rings (SSSR count). The van der Waals surface area contributed by atoms with Crippen LogP contribution < -0.4 is 14.9 Å². The van der Waals surface area contributed by atoms with Crippen LogP contribution >= 0.6 is 0 Å². The van der Waals surface area contributed by atoms with Crippen LogP contribution in [0, 0.1) is 0 Å². The first kappa shape index (κ1) is 15.9. The molecule has 0 atom stereocenters. The molecule has 0 spiro atoms. The summed E-state index contributed by atoms with van der Waals surface area (Å²) >= 11 is 0. The maximum Gasteiger partial charge on any atom is 0.335 e. The zero-order valence-electron chi connectivity index (χ0n) is 13.3. The van der Waals surface area contributed by atoms with Crippen molar-refractivity contribution in [3.8, 4) is 11.5 Å². The van der Waals surface area contributed by atoms with Crippen molar-refractivity contribution in [2.75, 3.05) is 12.2 Å². The van der Waals surface area contributed by atoms with Gasteiger partial charge in [-0.15, -0.1) is 0 Å². The number of hydrogen-bond acceptors (Lipinski definition) is 5. The van der Waals surface area contributed by atoms with Crippen LogP contribution in [-0.2, 0) is 6.42 Å². The number of carboxylic acid groups (broad SMARTS) is 1. The van der Waals surface area contributed by atoms with Gasteiger partial charge < -0.3 is 14.6 Å². The highest BCUT2D eigenvalue weighted by atomic mass is 16.7. The number of carbonyl (C=O) groups is 1. The number of rotatable bonds is 6. The van der Waals surface area contributed by atoms with Crippen LogP contribution in [0.3, 0.4) is 0 Å². The number of nitrogens with zero attached hydrogens (tertiary/aromatic N) is 1. The third-order valence-corrected chi connectivity index (χ3v) is 3.70. The molecule has 1 aliphatic rings. The van der Waals surface area contributed by atoms with Gasteiger partial charge in [-0.2, -0.15) is 5.10 Å². The molecule has 1 aliphatic heterocycles. The van der Waals surface area contributed by atoms with E-state index in [0.717, 1.165) is 35.6 Å². The number of anilines is 1. The van der Waals surface area contributed by atoms with Gasteiger partial charge in [0.05, 0.1) is 11.3 Å². The summed E-state index contributed by atoms with van der Waals surface area (Å²) in [7, 11) is 0. The Morgan fingerprint density at radius 1 is 1.21 bits per heavy atom. The van der Waals surface area contributed by atoms with Gasteiger partial charge in [-0.05, 0) is 55.7 Å². The predicted molar refractivity (Wildman–Crippen MR) is 91.0 cm³/mol. The summed E-state index contributed by atoms with van der Waals surface area (Å²) in [4.78, 5) is 10.9. The highest BCUT2D eigenvalue weighted by molar-refractivity contribution is 5.89. The molecule has 0 radical (unpaired) electrons. The zero-order chi connectivity index (χ0) is 16.9. The first-order valence-corrected chi connectivity index (χ1v) is 7.63. The normalized spacial score (nSPS) is 13.0. The SMILES string of the molecule is C/C(CCc1ccc2c(c1)OCO2)=N\Nc1cccc(C(=O)O)c1. The van der Waals surface area contributed by atoms with Crippen molar-refractivity contribution in [3.63, 3.8) is 0 Å². The molecule has 0 aliphatic carbocycles. The van der Waals surface area contributed by atoms with Gasteiger partial charge in [-0.3, -0.25) is 5.43 Å². The minimum atomic E-state index is -0.956. The molecule has 0 saturated carbocycles. The minimum absolute atomic E-state index is 0.230. The Morgan fingerprint density at radius 2 is 2.04 bits per heavy atom. The van der Waals surface area contributed by atoms with E-state index in [1.54, 1.807) is 24.3 Å². The third-order valence-electron chi connectivity index (χ3n) is 3.70. The number of aromatic carboxylic acids is 1. The minimum Gasteiger partial charge on any atom is -0.478 e. The molecule has 0 aromatic heterocycles. The molecule has 0 saturated heterocycles. The standard InChI is InChI=1S/C18H18N2O4/c1-12(19-20-15-4-2-3-14(10-15)18(21)22)5-6-13-7-8-16-17(9-13)24-11-23-16/h2-4,7-10,20H,5-6,11H2,1H3,(H,21,22)/b19-12+. The number of ether oxygens (including phenoxy) is 2. The molecule has 124 valence electrons. The predicted octanol–water partition coefficient (Wildman–Crippen LogP) is 3.53. The second kappa shape index (κ2) is 7.04. The summed E-state index contributed by atoms with van der Waals surface area (Å²) in [6, 6.07) is 12.5. The molecule has 0 bridgehead atoms. The summed E-state index contributed by atoms with van der Waals surface area (Å²) in [5.41, 5.74) is 5.86. The van der Waals surface area contributed by atoms with Gasteiger partial charge in [0.15, 0.2) is 11.5 Å². The highest BCUT2D eigenvalue weighted by Crippen LogP contribution is 2.32. The van der Waals surface area contributed by atoms with Crippen molar-refractivity contribution in [1.82, 2.24) is 0 Å². The van der Waals surface area contributed by atoms with E-state index < -0.39 is 5.97 Å². The van der Waals surface area contributed by atoms with E-state index in [2.05, 4.69) is 10.5 Å². The Balaban J connectivity index is 1.56. The second-order valence-electron chi connectivity index (χ2n) is 5.53. The van der Waals surface area contributed by atoms with Crippen LogP contribution in [0.25, 0.3) is 0 Å². The quantitative estimate of drug-likeness (QED) is 0.627. The summed E-state index contributed by atoms with van der Waals surface area (Å²) in [6.45, 7) is 2.21. The van der Waals surface area contributed by atoms with E-state index in [-0.39, 0.29) is 12.4 Å². The van der Waals surface area contributed by atoms with Crippen LogP contribution in [0.1, 0.15) is 29.3 Å². The lowest BCUT2D eigenvalue weighted by atomic mass is 10.1. The first-order valence-electron chi connectivity index (χ1n) is 7.63. The molecule has 2 aromatic carbocycles. The van der Waals surface area contributed by atoms with Gasteiger partial charge in [-0.1, -0.05) is 12.1 Å². The number of hydrogen-bond donors (Lipinski definition) is 2. The number of benzene rings is 2. The van der Waals surface area contributed by atoms with E-state index >= 15 is 0 Å². The number of carboxylic acids is 1. The lowest BCUT2D eigenvalue weighted by Gasteiger charge is -2.05. The lowest BCUT2D eigenvalue weighted by molar-refractivity contribution is 0.0697. The van der Waals surface area contributed by atoms with Crippen molar-refractivity contribution in [1.29, 1.82) is 0 Å². The van der Waals surface area contributed by atoms with Crippen molar-refractivity contribution in [2.45, 2.75) is 19.8 Å².